The van der Waals surface area contributed by atoms with Crippen molar-refractivity contribution in [2.24, 2.45) is 0 Å². The first-order valence-electron chi connectivity index (χ1n) is 8.84. The van der Waals surface area contributed by atoms with E-state index in [9.17, 15) is 4.79 Å². The molecule has 4 rings (SSSR count). The third-order valence-corrected chi connectivity index (χ3v) is 4.59. The van der Waals surface area contributed by atoms with Crippen molar-refractivity contribution in [1.82, 2.24) is 10.5 Å². The fourth-order valence-corrected chi connectivity index (χ4v) is 3.08. The summed E-state index contributed by atoms with van der Waals surface area (Å²) in [7, 11) is 0. The number of benzene rings is 3. The molecule has 1 N–H and O–H groups in total. The van der Waals surface area contributed by atoms with E-state index in [4.69, 9.17) is 16.1 Å². The number of rotatable bonds is 5. The van der Waals surface area contributed by atoms with Gasteiger partial charge in [0.2, 0.25) is 0 Å². The van der Waals surface area contributed by atoms with Gasteiger partial charge in [-0.3, -0.25) is 4.79 Å². The lowest BCUT2D eigenvalue weighted by atomic mass is 10.0. The van der Waals surface area contributed by atoms with Gasteiger partial charge in [0.15, 0.2) is 5.76 Å². The molecule has 4 nitrogen and oxygen atoms in total. The van der Waals surface area contributed by atoms with Gasteiger partial charge in [0, 0.05) is 22.2 Å². The Morgan fingerprint density at radius 1 is 0.857 bits per heavy atom. The number of carbonyl (C=O) groups is 1. The predicted molar refractivity (Wildman–Crippen MR) is 110 cm³/mol. The van der Waals surface area contributed by atoms with Crippen LogP contribution in [0.25, 0.3) is 22.5 Å². The molecule has 0 radical (unpaired) electrons. The number of hydrogen-bond donors (Lipinski definition) is 1. The minimum atomic E-state index is -0.209. The smallest absolute Gasteiger partial charge is 0.251 e. The molecule has 0 bridgehead atoms. The highest BCUT2D eigenvalue weighted by atomic mass is 35.5. The van der Waals surface area contributed by atoms with Crippen molar-refractivity contribution in [3.63, 3.8) is 0 Å². The summed E-state index contributed by atoms with van der Waals surface area (Å²) in [6.45, 7) is 0.275. The molecule has 1 heterocycles. The second-order valence-corrected chi connectivity index (χ2v) is 6.76. The van der Waals surface area contributed by atoms with E-state index in [1.165, 1.54) is 0 Å². The zero-order chi connectivity index (χ0) is 19.3. The fraction of sp³-hybridized carbons (Fsp3) is 0.0435. The molecule has 4 aromatic rings. The first-order valence-corrected chi connectivity index (χ1v) is 9.22. The average Bonchev–Trinajstić information content (AvgIpc) is 3.22. The third kappa shape index (κ3) is 4.13. The number of nitrogens with zero attached hydrogens (tertiary/aromatic N) is 1. The Hall–Kier alpha value is -3.37. The van der Waals surface area contributed by atoms with Crippen molar-refractivity contribution < 1.29 is 9.32 Å². The van der Waals surface area contributed by atoms with Crippen molar-refractivity contribution in [3.05, 3.63) is 101 Å². The Labute approximate surface area is 167 Å². The number of carbonyl (C=O) groups excluding carboxylic acids is 1. The van der Waals surface area contributed by atoms with Crippen LogP contribution in [0.15, 0.2) is 89.5 Å². The highest BCUT2D eigenvalue weighted by molar-refractivity contribution is 6.30. The fourth-order valence-electron chi connectivity index (χ4n) is 2.89. The van der Waals surface area contributed by atoms with E-state index >= 15 is 0 Å². The Kier molecular flexibility index (Phi) is 5.22. The molecule has 0 saturated carbocycles. The number of aromatic nitrogens is 1. The summed E-state index contributed by atoms with van der Waals surface area (Å²) in [5, 5.41) is 7.38. The van der Waals surface area contributed by atoms with Gasteiger partial charge in [0.05, 0.1) is 6.54 Å². The van der Waals surface area contributed by atoms with Gasteiger partial charge in [-0.15, -0.1) is 0 Å². The van der Waals surface area contributed by atoms with Crippen LogP contribution in [-0.2, 0) is 6.54 Å². The summed E-state index contributed by atoms with van der Waals surface area (Å²) >= 11 is 5.92. The molecular formula is C23H17ClN2O2. The zero-order valence-electron chi connectivity index (χ0n) is 14.9. The van der Waals surface area contributed by atoms with Crippen LogP contribution in [0.2, 0.25) is 5.02 Å². The number of hydrogen-bond acceptors (Lipinski definition) is 3. The molecule has 0 unspecified atom stereocenters. The summed E-state index contributed by atoms with van der Waals surface area (Å²) in [6.07, 6.45) is 0. The van der Waals surface area contributed by atoms with Crippen LogP contribution < -0.4 is 5.32 Å². The van der Waals surface area contributed by atoms with Crippen LogP contribution in [0.3, 0.4) is 0 Å². The van der Waals surface area contributed by atoms with Gasteiger partial charge < -0.3 is 9.84 Å². The molecule has 0 fully saturated rings. The van der Waals surface area contributed by atoms with Crippen molar-refractivity contribution in [2.45, 2.75) is 6.54 Å². The van der Waals surface area contributed by atoms with Crippen LogP contribution in [-0.4, -0.2) is 11.1 Å². The van der Waals surface area contributed by atoms with E-state index in [2.05, 4.69) is 22.6 Å². The SMILES string of the molecule is O=C(NCc1cc(-c2ccc(-c3ccccc3)cc2)on1)c1cccc(Cl)c1. The molecule has 0 aliphatic rings. The minimum Gasteiger partial charge on any atom is -0.356 e. The Balaban J connectivity index is 1.42. The summed E-state index contributed by atoms with van der Waals surface area (Å²) in [5.41, 5.74) is 4.39. The Morgan fingerprint density at radius 2 is 1.57 bits per heavy atom. The molecule has 5 heteroatoms. The highest BCUT2D eigenvalue weighted by Crippen LogP contribution is 2.25. The van der Waals surface area contributed by atoms with E-state index in [0.29, 0.717) is 22.0 Å². The molecule has 1 amide bonds. The van der Waals surface area contributed by atoms with Crippen molar-refractivity contribution in [2.75, 3.05) is 0 Å². The maximum Gasteiger partial charge on any atom is 0.251 e. The summed E-state index contributed by atoms with van der Waals surface area (Å²) < 4.78 is 5.43. The number of nitrogens with one attached hydrogen (secondary N) is 1. The van der Waals surface area contributed by atoms with Gasteiger partial charge in [-0.25, -0.2) is 0 Å². The largest absolute Gasteiger partial charge is 0.356 e. The van der Waals surface area contributed by atoms with Gasteiger partial charge >= 0.3 is 0 Å². The van der Waals surface area contributed by atoms with Gasteiger partial charge in [-0.05, 0) is 29.3 Å². The molecule has 28 heavy (non-hydrogen) atoms. The van der Waals surface area contributed by atoms with E-state index < -0.39 is 0 Å². The molecule has 0 aliphatic carbocycles. The molecule has 3 aromatic carbocycles. The second-order valence-electron chi connectivity index (χ2n) is 6.32. The normalized spacial score (nSPS) is 10.6. The number of halogens is 1. The zero-order valence-corrected chi connectivity index (χ0v) is 15.7. The van der Waals surface area contributed by atoms with E-state index in [1.54, 1.807) is 24.3 Å². The van der Waals surface area contributed by atoms with E-state index in [0.717, 1.165) is 16.7 Å². The first-order chi connectivity index (χ1) is 13.7. The Morgan fingerprint density at radius 3 is 2.32 bits per heavy atom. The molecule has 0 aliphatic heterocycles. The van der Waals surface area contributed by atoms with Crippen molar-refractivity contribution >= 4 is 17.5 Å². The Bertz CT molecular complexity index is 1090. The lowest BCUT2D eigenvalue weighted by Crippen LogP contribution is -2.22. The lowest BCUT2D eigenvalue weighted by molar-refractivity contribution is 0.0950. The monoisotopic (exact) mass is 388 g/mol. The number of amides is 1. The molecule has 0 spiro atoms. The maximum atomic E-state index is 12.2. The quantitative estimate of drug-likeness (QED) is 0.484. The van der Waals surface area contributed by atoms with Crippen molar-refractivity contribution in [3.8, 4) is 22.5 Å². The highest BCUT2D eigenvalue weighted by Gasteiger charge is 2.10. The second kappa shape index (κ2) is 8.11. The van der Waals surface area contributed by atoms with Gasteiger partial charge in [-0.2, -0.15) is 0 Å². The minimum absolute atomic E-state index is 0.209. The van der Waals surface area contributed by atoms with Gasteiger partial charge in [-0.1, -0.05) is 77.4 Å². The summed E-state index contributed by atoms with van der Waals surface area (Å²) in [5.74, 6) is 0.450. The molecule has 1 aromatic heterocycles. The van der Waals surface area contributed by atoms with Gasteiger partial charge in [0.25, 0.3) is 5.91 Å². The van der Waals surface area contributed by atoms with Crippen LogP contribution >= 0.6 is 11.6 Å². The predicted octanol–water partition coefficient (Wildman–Crippen LogP) is 5.59. The van der Waals surface area contributed by atoms with Crippen molar-refractivity contribution in [1.29, 1.82) is 0 Å². The molecule has 0 atom stereocenters. The standard InChI is InChI=1S/C23H17ClN2O2/c24-20-8-4-7-19(13-20)23(27)25-15-21-14-22(28-26-21)18-11-9-17(10-12-18)16-5-2-1-3-6-16/h1-14H,15H2,(H,25,27). The van der Waals surface area contributed by atoms with E-state index in [1.807, 2.05) is 48.5 Å². The third-order valence-electron chi connectivity index (χ3n) is 4.35. The topological polar surface area (TPSA) is 55.1 Å². The molecule has 0 saturated heterocycles. The van der Waals surface area contributed by atoms with Crippen LogP contribution in [0, 0.1) is 0 Å². The van der Waals surface area contributed by atoms with Crippen LogP contribution in [0.4, 0.5) is 0 Å². The summed E-state index contributed by atoms with van der Waals surface area (Å²) in [6, 6.07) is 26.9. The summed E-state index contributed by atoms with van der Waals surface area (Å²) in [4.78, 5) is 12.2. The van der Waals surface area contributed by atoms with Crippen LogP contribution in [0.5, 0.6) is 0 Å². The van der Waals surface area contributed by atoms with E-state index in [-0.39, 0.29) is 12.5 Å². The molecule has 138 valence electrons. The maximum absolute atomic E-state index is 12.2. The van der Waals surface area contributed by atoms with Gasteiger partial charge in [0.1, 0.15) is 5.69 Å². The average molecular weight is 389 g/mol. The first kappa shape index (κ1) is 18.0. The van der Waals surface area contributed by atoms with Crippen LogP contribution in [0.1, 0.15) is 16.1 Å². The lowest BCUT2D eigenvalue weighted by Gasteiger charge is -2.03. The molecular weight excluding hydrogens is 372 g/mol.